The average molecular weight is 289 g/mol. The number of halogens is 1. The summed E-state index contributed by atoms with van der Waals surface area (Å²) in [6.07, 6.45) is 0.550. The Hall–Kier alpha value is -2.33. The number of rotatable bonds is 5. The van der Waals surface area contributed by atoms with Gasteiger partial charge in [-0.25, -0.2) is 9.18 Å². The zero-order chi connectivity index (χ0) is 15.1. The molecule has 1 aromatic carbocycles. The average Bonchev–Trinajstić information content (AvgIpc) is 2.50. The first-order valence-corrected chi connectivity index (χ1v) is 6.73. The molecule has 6 nitrogen and oxygen atoms in total. The van der Waals surface area contributed by atoms with Gasteiger partial charge in [0.2, 0.25) is 0 Å². The SMILES string of the molecule is [N-]=[N+]=NCCC1NCCN(Cc2ccc(F)cc2)C1=C=O. The second-order valence-electron chi connectivity index (χ2n) is 4.79. The van der Waals surface area contributed by atoms with Crippen LogP contribution in [0.5, 0.6) is 0 Å². The van der Waals surface area contributed by atoms with Crippen LogP contribution in [0.3, 0.4) is 0 Å². The number of nitrogens with zero attached hydrogens (tertiary/aromatic N) is 4. The summed E-state index contributed by atoms with van der Waals surface area (Å²) >= 11 is 0. The van der Waals surface area contributed by atoms with Crippen molar-refractivity contribution in [2.24, 2.45) is 5.11 Å². The van der Waals surface area contributed by atoms with Crippen LogP contribution in [0, 0.1) is 5.82 Å². The summed E-state index contributed by atoms with van der Waals surface area (Å²) in [4.78, 5) is 15.9. The van der Waals surface area contributed by atoms with Crippen molar-refractivity contribution in [3.8, 4) is 0 Å². The molecular formula is C14H16FN5O. The number of carbonyl (C=O) groups excluding carboxylic acids is 1. The van der Waals surface area contributed by atoms with Gasteiger partial charge in [0.15, 0.2) is 0 Å². The summed E-state index contributed by atoms with van der Waals surface area (Å²) in [6.45, 7) is 2.27. The van der Waals surface area contributed by atoms with E-state index in [9.17, 15) is 9.18 Å². The molecule has 0 aromatic heterocycles. The summed E-state index contributed by atoms with van der Waals surface area (Å²) in [5.41, 5.74) is 9.76. The van der Waals surface area contributed by atoms with E-state index in [1.165, 1.54) is 12.1 Å². The van der Waals surface area contributed by atoms with Crippen molar-refractivity contribution in [1.82, 2.24) is 10.2 Å². The van der Waals surface area contributed by atoms with Gasteiger partial charge in [0.1, 0.15) is 17.5 Å². The van der Waals surface area contributed by atoms with E-state index in [0.29, 0.717) is 31.8 Å². The van der Waals surface area contributed by atoms with Gasteiger partial charge in [-0.3, -0.25) is 0 Å². The third-order valence-corrected chi connectivity index (χ3v) is 3.42. The maximum absolute atomic E-state index is 12.9. The predicted molar refractivity (Wildman–Crippen MR) is 76.4 cm³/mol. The highest BCUT2D eigenvalue weighted by molar-refractivity contribution is 5.54. The van der Waals surface area contributed by atoms with Crippen LogP contribution in [0.4, 0.5) is 4.39 Å². The van der Waals surface area contributed by atoms with Crippen molar-refractivity contribution >= 4 is 5.94 Å². The molecule has 1 aromatic rings. The van der Waals surface area contributed by atoms with E-state index in [1.54, 1.807) is 12.1 Å². The molecule has 0 spiro atoms. The van der Waals surface area contributed by atoms with Gasteiger partial charge < -0.3 is 10.2 Å². The lowest BCUT2D eigenvalue weighted by atomic mass is 10.1. The van der Waals surface area contributed by atoms with Gasteiger partial charge in [-0.05, 0) is 29.6 Å². The summed E-state index contributed by atoms with van der Waals surface area (Å²) in [5, 5.41) is 6.71. The second-order valence-corrected chi connectivity index (χ2v) is 4.79. The largest absolute Gasteiger partial charge is 0.359 e. The molecule has 1 aliphatic heterocycles. The number of benzene rings is 1. The molecular weight excluding hydrogens is 273 g/mol. The first-order valence-electron chi connectivity index (χ1n) is 6.73. The van der Waals surface area contributed by atoms with Crippen LogP contribution < -0.4 is 5.32 Å². The van der Waals surface area contributed by atoms with E-state index in [4.69, 9.17) is 5.53 Å². The van der Waals surface area contributed by atoms with E-state index < -0.39 is 0 Å². The fourth-order valence-electron chi connectivity index (χ4n) is 2.39. The van der Waals surface area contributed by atoms with Gasteiger partial charge in [0.05, 0.1) is 6.04 Å². The molecule has 1 N–H and O–H groups in total. The van der Waals surface area contributed by atoms with Crippen LogP contribution in [0.15, 0.2) is 35.1 Å². The van der Waals surface area contributed by atoms with Gasteiger partial charge in [0, 0.05) is 31.1 Å². The molecule has 1 saturated heterocycles. The standard InChI is InChI=1S/C14H16FN5O/c15-12-3-1-11(2-4-12)9-20-8-7-17-13(14(20)10-21)5-6-18-19-16/h1-4,13,17H,5-9H2. The van der Waals surface area contributed by atoms with E-state index in [1.807, 2.05) is 10.8 Å². The molecule has 0 aliphatic carbocycles. The minimum atomic E-state index is -0.280. The Kier molecular flexibility index (Phi) is 5.35. The predicted octanol–water partition coefficient (Wildman–Crippen LogP) is 2.02. The van der Waals surface area contributed by atoms with Crippen molar-refractivity contribution < 1.29 is 9.18 Å². The molecule has 1 atom stereocenters. The van der Waals surface area contributed by atoms with Crippen LogP contribution in [0.25, 0.3) is 10.4 Å². The molecule has 1 heterocycles. The lowest BCUT2D eigenvalue weighted by Crippen LogP contribution is -2.48. The van der Waals surface area contributed by atoms with Gasteiger partial charge >= 0.3 is 0 Å². The Balaban J connectivity index is 2.05. The third kappa shape index (κ3) is 4.07. The number of azide groups is 1. The molecule has 0 saturated carbocycles. The van der Waals surface area contributed by atoms with Crippen LogP contribution in [-0.2, 0) is 11.3 Å². The first-order chi connectivity index (χ1) is 10.2. The first kappa shape index (κ1) is 15.1. The number of nitrogens with one attached hydrogen (secondary N) is 1. The highest BCUT2D eigenvalue weighted by Crippen LogP contribution is 2.17. The Morgan fingerprint density at radius 1 is 1.48 bits per heavy atom. The Morgan fingerprint density at radius 3 is 2.90 bits per heavy atom. The fourth-order valence-corrected chi connectivity index (χ4v) is 2.39. The van der Waals surface area contributed by atoms with Crippen LogP contribution in [-0.4, -0.2) is 36.5 Å². The van der Waals surface area contributed by atoms with Gasteiger partial charge in [0.25, 0.3) is 0 Å². The quantitative estimate of drug-likeness (QED) is 0.389. The minimum Gasteiger partial charge on any atom is -0.359 e. The minimum absolute atomic E-state index is 0.165. The van der Waals surface area contributed by atoms with E-state index in [2.05, 4.69) is 15.3 Å². The monoisotopic (exact) mass is 289 g/mol. The normalized spacial score (nSPS) is 18.0. The molecule has 2 rings (SSSR count). The molecule has 1 aliphatic rings. The molecule has 1 unspecified atom stereocenters. The topological polar surface area (TPSA) is 81.1 Å². The van der Waals surface area contributed by atoms with Crippen molar-refractivity contribution in [3.05, 3.63) is 51.8 Å². The van der Waals surface area contributed by atoms with Crippen molar-refractivity contribution in [2.45, 2.75) is 19.0 Å². The Labute approximate surface area is 121 Å². The van der Waals surface area contributed by atoms with Crippen molar-refractivity contribution in [1.29, 1.82) is 0 Å². The Morgan fingerprint density at radius 2 is 2.24 bits per heavy atom. The molecule has 0 amide bonds. The van der Waals surface area contributed by atoms with Gasteiger partial charge in [-0.2, -0.15) is 0 Å². The summed E-state index contributed by atoms with van der Waals surface area (Å²) in [5.74, 6) is 1.70. The second kappa shape index (κ2) is 7.45. The van der Waals surface area contributed by atoms with E-state index in [0.717, 1.165) is 12.1 Å². The van der Waals surface area contributed by atoms with Crippen molar-refractivity contribution in [3.63, 3.8) is 0 Å². The number of piperazine rings is 1. The Bertz CT molecular complexity index is 576. The van der Waals surface area contributed by atoms with Crippen molar-refractivity contribution in [2.75, 3.05) is 19.6 Å². The number of hydrogen-bond donors (Lipinski definition) is 1. The summed E-state index contributed by atoms with van der Waals surface area (Å²) < 4.78 is 12.9. The maximum Gasteiger partial charge on any atom is 0.147 e. The van der Waals surface area contributed by atoms with Crippen LogP contribution in [0.1, 0.15) is 12.0 Å². The summed E-state index contributed by atoms with van der Waals surface area (Å²) in [7, 11) is 0. The smallest absolute Gasteiger partial charge is 0.147 e. The molecule has 110 valence electrons. The fraction of sp³-hybridized carbons (Fsp3) is 0.429. The zero-order valence-corrected chi connectivity index (χ0v) is 11.5. The molecule has 7 heteroatoms. The lowest BCUT2D eigenvalue weighted by Gasteiger charge is -2.35. The van der Waals surface area contributed by atoms with E-state index >= 15 is 0 Å². The molecule has 1 fully saturated rings. The zero-order valence-electron chi connectivity index (χ0n) is 11.5. The third-order valence-electron chi connectivity index (χ3n) is 3.42. The maximum atomic E-state index is 12.9. The van der Waals surface area contributed by atoms with E-state index in [-0.39, 0.29) is 11.9 Å². The molecule has 21 heavy (non-hydrogen) atoms. The molecule has 0 bridgehead atoms. The lowest BCUT2D eigenvalue weighted by molar-refractivity contribution is 0.255. The van der Waals surface area contributed by atoms with Crippen LogP contribution >= 0.6 is 0 Å². The highest BCUT2D eigenvalue weighted by atomic mass is 19.1. The van der Waals surface area contributed by atoms with Gasteiger partial charge in [-0.1, -0.05) is 17.2 Å². The molecule has 0 radical (unpaired) electrons. The summed E-state index contributed by atoms with van der Waals surface area (Å²) in [6, 6.07) is 6.05. The highest BCUT2D eigenvalue weighted by Gasteiger charge is 2.25. The van der Waals surface area contributed by atoms with Crippen LogP contribution in [0.2, 0.25) is 0 Å². The number of hydrogen-bond acceptors (Lipinski definition) is 4. The van der Waals surface area contributed by atoms with Gasteiger partial charge in [-0.15, -0.1) is 0 Å².